The zero-order chi connectivity index (χ0) is 22.3. The van der Waals surface area contributed by atoms with Crippen molar-refractivity contribution < 1.29 is 14.3 Å². The monoisotopic (exact) mass is 438 g/mol. The van der Waals surface area contributed by atoms with E-state index in [4.69, 9.17) is 9.47 Å². The number of hydrogen-bond donors (Lipinski definition) is 1. The number of nitrogens with one attached hydrogen (secondary N) is 1. The Balaban J connectivity index is 1.52. The second-order valence-electron chi connectivity index (χ2n) is 8.74. The summed E-state index contributed by atoms with van der Waals surface area (Å²) in [6.45, 7) is 4.82. The minimum absolute atomic E-state index is 0.00201. The number of unbranched alkanes of at least 4 members (excludes halogenated alkanes) is 3. The van der Waals surface area contributed by atoms with Crippen LogP contribution >= 0.6 is 0 Å². The highest BCUT2D eigenvalue weighted by atomic mass is 16.5. The summed E-state index contributed by atoms with van der Waals surface area (Å²) in [4.78, 5) is 17.6. The summed E-state index contributed by atoms with van der Waals surface area (Å²) in [7, 11) is 0. The number of ether oxygens (including phenoxy) is 2. The molecule has 1 saturated carbocycles. The van der Waals surface area contributed by atoms with Crippen molar-refractivity contribution in [2.24, 2.45) is 0 Å². The highest BCUT2D eigenvalue weighted by Gasteiger charge is 2.35. The summed E-state index contributed by atoms with van der Waals surface area (Å²) < 4.78 is 13.6. The van der Waals surface area contributed by atoms with E-state index in [1.165, 1.54) is 32.0 Å². The van der Waals surface area contributed by atoms with Crippen LogP contribution in [0.4, 0.5) is 5.95 Å². The molecule has 0 spiro atoms. The van der Waals surface area contributed by atoms with Crippen molar-refractivity contribution in [1.82, 2.24) is 14.8 Å². The Hall–Kier alpha value is -2.83. The maximum Gasteiger partial charge on any atom is 0.338 e. The number of anilines is 1. The molecule has 4 rings (SSSR count). The Bertz CT molecular complexity index is 929. The van der Waals surface area contributed by atoms with Gasteiger partial charge in [0.05, 0.1) is 12.2 Å². The Morgan fingerprint density at radius 1 is 1.12 bits per heavy atom. The number of nitrogens with zero attached hydrogens (tertiary/aromatic N) is 3. The maximum absolute atomic E-state index is 13.3. The molecule has 0 amide bonds. The van der Waals surface area contributed by atoms with Crippen molar-refractivity contribution >= 4 is 11.9 Å². The number of aromatic nitrogens is 3. The topological polar surface area (TPSA) is 78.3 Å². The van der Waals surface area contributed by atoms with E-state index in [9.17, 15) is 4.79 Å². The molecule has 1 aliphatic heterocycles. The minimum atomic E-state index is -0.386. The van der Waals surface area contributed by atoms with Gasteiger partial charge in [0.25, 0.3) is 0 Å². The van der Waals surface area contributed by atoms with Gasteiger partial charge in [0.15, 0.2) is 0 Å². The van der Waals surface area contributed by atoms with Gasteiger partial charge in [-0.15, -0.1) is 0 Å². The van der Waals surface area contributed by atoms with E-state index >= 15 is 0 Å². The van der Waals surface area contributed by atoms with E-state index in [1.54, 1.807) is 4.68 Å². The van der Waals surface area contributed by atoms with Crippen molar-refractivity contribution in [2.45, 2.75) is 83.8 Å². The maximum atomic E-state index is 13.3. The predicted molar refractivity (Wildman–Crippen MR) is 124 cm³/mol. The molecule has 1 aromatic carbocycles. The number of carbonyl (C=O) groups excluding carboxylic acids is 1. The molecule has 2 aromatic rings. The second-order valence-corrected chi connectivity index (χ2v) is 8.74. The van der Waals surface area contributed by atoms with E-state index in [-0.39, 0.29) is 18.1 Å². The third kappa shape index (κ3) is 5.14. The van der Waals surface area contributed by atoms with Gasteiger partial charge in [-0.3, -0.25) is 0 Å². The van der Waals surface area contributed by atoms with Gasteiger partial charge in [-0.1, -0.05) is 44.7 Å². The number of esters is 1. The molecule has 2 aliphatic rings. The summed E-state index contributed by atoms with van der Waals surface area (Å²) in [5, 5.41) is 7.61. The minimum Gasteiger partial charge on any atom is -0.494 e. The van der Waals surface area contributed by atoms with E-state index in [2.05, 4.69) is 22.3 Å². The van der Waals surface area contributed by atoms with Gasteiger partial charge >= 0.3 is 5.97 Å². The van der Waals surface area contributed by atoms with Gasteiger partial charge in [-0.2, -0.15) is 10.1 Å². The molecule has 1 fully saturated rings. The van der Waals surface area contributed by atoms with Crippen LogP contribution in [0.2, 0.25) is 0 Å². The van der Waals surface area contributed by atoms with E-state index in [0.717, 1.165) is 55.7 Å². The molecular formula is C25H34N4O3. The largest absolute Gasteiger partial charge is 0.494 e. The van der Waals surface area contributed by atoms with Crippen LogP contribution in [0.5, 0.6) is 5.75 Å². The van der Waals surface area contributed by atoms with Crippen LogP contribution in [0.15, 0.2) is 41.9 Å². The van der Waals surface area contributed by atoms with Crippen molar-refractivity contribution in [1.29, 1.82) is 0 Å². The first-order chi connectivity index (χ1) is 15.7. The van der Waals surface area contributed by atoms with Crippen molar-refractivity contribution in [2.75, 3.05) is 11.9 Å². The van der Waals surface area contributed by atoms with Crippen LogP contribution in [0.1, 0.15) is 83.2 Å². The Labute approximate surface area is 190 Å². The third-order valence-corrected chi connectivity index (χ3v) is 6.30. The van der Waals surface area contributed by atoms with Crippen molar-refractivity contribution in [3.63, 3.8) is 0 Å². The van der Waals surface area contributed by atoms with E-state index < -0.39 is 0 Å². The lowest BCUT2D eigenvalue weighted by Crippen LogP contribution is -2.32. The smallest absolute Gasteiger partial charge is 0.338 e. The molecule has 1 unspecified atom stereocenters. The van der Waals surface area contributed by atoms with Crippen molar-refractivity contribution in [3.8, 4) is 5.75 Å². The van der Waals surface area contributed by atoms with Gasteiger partial charge in [-0.05, 0) is 56.7 Å². The normalized spacial score (nSPS) is 18.8. The lowest BCUT2D eigenvalue weighted by Gasteiger charge is -2.30. The predicted octanol–water partition coefficient (Wildman–Crippen LogP) is 5.40. The first kappa shape index (κ1) is 22.4. The van der Waals surface area contributed by atoms with Crippen LogP contribution in [-0.4, -0.2) is 33.4 Å². The molecule has 2 heterocycles. The zero-order valence-corrected chi connectivity index (χ0v) is 19.2. The summed E-state index contributed by atoms with van der Waals surface area (Å²) in [6, 6.07) is 7.55. The molecular weight excluding hydrogens is 404 g/mol. The number of allylic oxidation sites excluding steroid dienone is 1. The summed E-state index contributed by atoms with van der Waals surface area (Å²) in [5.41, 5.74) is 2.29. The molecule has 0 bridgehead atoms. The average Bonchev–Trinajstić information content (AvgIpc) is 3.27. The fourth-order valence-electron chi connectivity index (χ4n) is 4.53. The second kappa shape index (κ2) is 10.7. The highest BCUT2D eigenvalue weighted by Crippen LogP contribution is 2.36. The van der Waals surface area contributed by atoms with Crippen LogP contribution < -0.4 is 10.1 Å². The SMILES string of the molecule is CCCCCCOc1ccc(C2C(C(=O)OC3CCCCC3)=C(C)Nc3ncnn32)cc1. The van der Waals surface area contributed by atoms with Crippen LogP contribution in [0, 0.1) is 0 Å². The number of carbonyl (C=O) groups is 1. The average molecular weight is 439 g/mol. The molecule has 0 radical (unpaired) electrons. The molecule has 172 valence electrons. The van der Waals surface area contributed by atoms with Crippen LogP contribution in [0.25, 0.3) is 0 Å². The molecule has 32 heavy (non-hydrogen) atoms. The molecule has 1 N–H and O–H groups in total. The van der Waals surface area contributed by atoms with Crippen molar-refractivity contribution in [3.05, 3.63) is 47.4 Å². The first-order valence-corrected chi connectivity index (χ1v) is 12.0. The standard InChI is InChI=1S/C25H34N4O3/c1-3-4-5-9-16-31-20-14-12-19(13-15-20)23-22(18(2)28-25-26-17-27-29(23)25)24(30)32-21-10-7-6-8-11-21/h12-15,17,21,23H,3-11,16H2,1-2H3,(H,26,27,28). The fourth-order valence-corrected chi connectivity index (χ4v) is 4.53. The number of hydrogen-bond acceptors (Lipinski definition) is 6. The summed E-state index contributed by atoms with van der Waals surface area (Å²) in [6.07, 6.45) is 11.5. The molecule has 7 nitrogen and oxygen atoms in total. The molecule has 1 atom stereocenters. The third-order valence-electron chi connectivity index (χ3n) is 6.30. The lowest BCUT2D eigenvalue weighted by molar-refractivity contribution is -0.146. The zero-order valence-electron chi connectivity index (χ0n) is 19.2. The Morgan fingerprint density at radius 2 is 1.91 bits per heavy atom. The number of benzene rings is 1. The summed E-state index contributed by atoms with van der Waals surface area (Å²) in [5.74, 6) is 1.19. The quantitative estimate of drug-likeness (QED) is 0.417. The van der Waals surface area contributed by atoms with Gasteiger partial charge in [0.2, 0.25) is 5.95 Å². The molecule has 1 aliphatic carbocycles. The molecule has 1 aromatic heterocycles. The van der Waals surface area contributed by atoms with Gasteiger partial charge in [0.1, 0.15) is 24.2 Å². The molecule has 0 saturated heterocycles. The first-order valence-electron chi connectivity index (χ1n) is 12.0. The van der Waals surface area contributed by atoms with Crippen LogP contribution in [-0.2, 0) is 9.53 Å². The number of rotatable bonds is 9. The molecule has 7 heteroatoms. The Kier molecular flexibility index (Phi) is 7.45. The van der Waals surface area contributed by atoms with E-state index in [1.807, 2.05) is 31.2 Å². The summed E-state index contributed by atoms with van der Waals surface area (Å²) >= 11 is 0. The van der Waals surface area contributed by atoms with Gasteiger partial charge < -0.3 is 14.8 Å². The van der Waals surface area contributed by atoms with Gasteiger partial charge in [0, 0.05) is 5.70 Å². The van der Waals surface area contributed by atoms with Crippen LogP contribution in [0.3, 0.4) is 0 Å². The fraction of sp³-hybridized carbons (Fsp3) is 0.560. The van der Waals surface area contributed by atoms with Gasteiger partial charge in [-0.25, -0.2) is 9.48 Å². The van der Waals surface area contributed by atoms with E-state index in [0.29, 0.717) is 11.5 Å². The highest BCUT2D eigenvalue weighted by molar-refractivity contribution is 5.92. The number of fused-ring (bicyclic) bond motifs is 1. The Morgan fingerprint density at radius 3 is 2.66 bits per heavy atom. The lowest BCUT2D eigenvalue weighted by atomic mass is 9.95.